The zero-order valence-electron chi connectivity index (χ0n) is 6.90. The van der Waals surface area contributed by atoms with Gasteiger partial charge in [-0.2, -0.15) is 0 Å². The van der Waals surface area contributed by atoms with E-state index >= 15 is 0 Å². The maximum atomic E-state index is 5.15. The highest BCUT2D eigenvalue weighted by Crippen LogP contribution is 2.09. The minimum atomic E-state index is 0.237. The lowest BCUT2D eigenvalue weighted by Crippen LogP contribution is -1.94. The van der Waals surface area contributed by atoms with Gasteiger partial charge in [-0.25, -0.2) is 0 Å². The Labute approximate surface area is 79.5 Å². The topological polar surface area (TPSA) is 9.23 Å². The van der Waals surface area contributed by atoms with E-state index < -0.39 is 0 Å². The van der Waals surface area contributed by atoms with Crippen molar-refractivity contribution in [3.63, 3.8) is 0 Å². The molecule has 1 fully saturated rings. The number of rotatable bonds is 1. The quantitative estimate of drug-likeness (QED) is 0.616. The van der Waals surface area contributed by atoms with Crippen LogP contribution in [0.2, 0.25) is 4.55 Å². The second-order valence-electron chi connectivity index (χ2n) is 2.51. The van der Waals surface area contributed by atoms with E-state index in [0.717, 1.165) is 6.61 Å². The Balaban J connectivity index is 0.000000180. The van der Waals surface area contributed by atoms with E-state index in [4.69, 9.17) is 4.74 Å². The van der Waals surface area contributed by atoms with Crippen molar-refractivity contribution in [2.24, 2.45) is 0 Å². The Kier molecular flexibility index (Phi) is 9.31. The second kappa shape index (κ2) is 8.30. The number of hydrogen-bond acceptors (Lipinski definition) is 1. The van der Waals surface area contributed by atoms with Crippen molar-refractivity contribution in [1.29, 1.82) is 0 Å². The summed E-state index contributed by atoms with van der Waals surface area (Å²) in [5.74, 6) is 0. The van der Waals surface area contributed by atoms with E-state index in [9.17, 15) is 0 Å². The number of halogens is 1. The average Bonchev–Trinajstić information content (AvgIpc) is 2.40. The van der Waals surface area contributed by atoms with Crippen LogP contribution in [0.15, 0.2) is 0 Å². The summed E-state index contributed by atoms with van der Waals surface area (Å²) < 4.78 is 6.53. The van der Waals surface area contributed by atoms with Gasteiger partial charge in [-0.1, -0.05) is 6.92 Å². The zero-order valence-corrected chi connectivity index (χ0v) is 9.90. The summed E-state index contributed by atoms with van der Waals surface area (Å²) in [5, 5.41) is 0. The fourth-order valence-corrected chi connectivity index (χ4v) is 0.739. The van der Waals surface area contributed by atoms with Crippen LogP contribution in [0.3, 0.4) is 0 Å². The van der Waals surface area contributed by atoms with E-state index in [0.29, 0.717) is 6.10 Å². The molecule has 0 bridgehead atoms. The zero-order chi connectivity index (χ0) is 7.82. The van der Waals surface area contributed by atoms with Crippen LogP contribution in [0.1, 0.15) is 26.7 Å². The van der Waals surface area contributed by atoms with Gasteiger partial charge in [-0.05, 0) is 19.8 Å². The van der Waals surface area contributed by atoms with E-state index in [1.165, 1.54) is 17.4 Å². The lowest BCUT2D eigenvalue weighted by atomic mass is 10.3. The summed E-state index contributed by atoms with van der Waals surface area (Å²) in [7, 11) is 0. The predicted molar refractivity (Wildman–Crippen MR) is 49.8 cm³/mol. The molecule has 3 heteroatoms. The molecule has 10 heavy (non-hydrogen) atoms. The molecule has 1 heterocycles. The molecule has 58 valence electrons. The molecule has 1 unspecified atom stereocenters. The predicted octanol–water partition coefficient (Wildman–Crippen LogP) is 2.62. The lowest BCUT2D eigenvalue weighted by molar-refractivity contribution is 0.125. The first-order valence-electron chi connectivity index (χ1n) is 3.98. The van der Waals surface area contributed by atoms with Crippen LogP contribution in [0.25, 0.3) is 0 Å². The van der Waals surface area contributed by atoms with Crippen LogP contribution in [0.4, 0.5) is 0 Å². The molecule has 1 aliphatic heterocycles. The van der Waals surface area contributed by atoms with Crippen molar-refractivity contribution < 1.29 is 4.74 Å². The Morgan fingerprint density at radius 2 is 2.30 bits per heavy atom. The van der Waals surface area contributed by atoms with E-state index in [2.05, 4.69) is 26.7 Å². The van der Waals surface area contributed by atoms with Crippen LogP contribution >= 0.6 is 12.9 Å². The highest BCUT2D eigenvalue weighted by atomic mass is 79.9. The monoisotopic (exact) mass is 218 g/mol. The summed E-state index contributed by atoms with van der Waals surface area (Å²) in [6.07, 6.45) is 3.08. The van der Waals surface area contributed by atoms with E-state index in [1.54, 1.807) is 0 Å². The van der Waals surface area contributed by atoms with E-state index in [-0.39, 0.29) is 18.2 Å². The minimum Gasteiger partial charge on any atom is -0.379 e. The van der Waals surface area contributed by atoms with Crippen molar-refractivity contribution in [2.45, 2.75) is 37.3 Å². The first kappa shape index (κ1) is 11.2. The van der Waals surface area contributed by atoms with Gasteiger partial charge in [-0.3, -0.25) is 0 Å². The second-order valence-corrected chi connectivity index (χ2v) is 6.27. The third kappa shape index (κ3) is 7.31. The average molecular weight is 219 g/mol. The molecule has 0 radical (unpaired) electrons. The number of hydrogen-bond donors (Lipinski definition) is 0. The first-order valence-corrected chi connectivity index (χ1v) is 8.88. The molecular weight excluding hydrogens is 204 g/mol. The summed E-state index contributed by atoms with van der Waals surface area (Å²) in [6, 6.07) is 0. The van der Waals surface area contributed by atoms with Gasteiger partial charge in [0.1, 0.15) is 0 Å². The van der Waals surface area contributed by atoms with Crippen molar-refractivity contribution in [2.75, 3.05) is 6.61 Å². The Morgan fingerprint density at radius 1 is 1.70 bits per heavy atom. The molecule has 0 aromatic rings. The highest BCUT2D eigenvalue weighted by molar-refractivity contribution is 9.23. The molecule has 0 saturated carbocycles. The molecule has 0 aromatic heterocycles. The van der Waals surface area contributed by atoms with Gasteiger partial charge in [0, 0.05) is 6.61 Å². The molecule has 1 rings (SSSR count). The molecule has 1 aliphatic rings. The molecule has 1 nitrogen and oxygen atoms in total. The molecular formula is C7H15BrMgO. The molecule has 1 atom stereocenters. The molecule has 0 aliphatic carbocycles. The molecule has 0 spiro atoms. The van der Waals surface area contributed by atoms with Crippen molar-refractivity contribution >= 4 is 31.1 Å². The van der Waals surface area contributed by atoms with Crippen LogP contribution in [-0.2, 0) is 4.74 Å². The molecule has 0 N–H and O–H groups in total. The van der Waals surface area contributed by atoms with Crippen LogP contribution in [-0.4, -0.2) is 30.9 Å². The molecule has 1 saturated heterocycles. The standard InChI is InChI=1S/C5H10O.C2H5.BrH.Mg/c1-5-3-2-4-6-5;1-2;;/h5H,2-4H2,1H3;1H2,2H3;1H;/q;;;+1/p-1. The van der Waals surface area contributed by atoms with Gasteiger partial charge < -0.3 is 17.6 Å². The largest absolute Gasteiger partial charge is 0.468 e. The van der Waals surface area contributed by atoms with Crippen molar-refractivity contribution in [3.05, 3.63) is 0 Å². The summed E-state index contributed by atoms with van der Waals surface area (Å²) in [4.78, 5) is 0. The SMILES string of the molecule is CC1CCCO1.C[CH2][Mg][Br]. The molecule has 0 aromatic carbocycles. The van der Waals surface area contributed by atoms with Gasteiger partial charge in [0.2, 0.25) is 0 Å². The third-order valence-corrected chi connectivity index (χ3v) is 4.10. The van der Waals surface area contributed by atoms with Crippen molar-refractivity contribution in [3.8, 4) is 0 Å². The summed E-state index contributed by atoms with van der Waals surface area (Å²) in [6.45, 7) is 5.30. The fraction of sp³-hybridized carbons (Fsp3) is 1.00. The smallest absolute Gasteiger partial charge is 0.379 e. The van der Waals surface area contributed by atoms with Crippen LogP contribution in [0.5, 0.6) is 0 Å². The lowest BCUT2D eigenvalue weighted by Gasteiger charge is -1.94. The maximum Gasteiger partial charge on any atom is 0.468 e. The van der Waals surface area contributed by atoms with Gasteiger partial charge >= 0.3 is 18.2 Å². The Bertz CT molecular complexity index is 62.6. The Morgan fingerprint density at radius 3 is 2.40 bits per heavy atom. The Hall–Kier alpha value is 1.21. The fourth-order valence-electron chi connectivity index (χ4n) is 0.739. The van der Waals surface area contributed by atoms with Gasteiger partial charge in [0.15, 0.2) is 0 Å². The van der Waals surface area contributed by atoms with E-state index in [1.807, 2.05) is 0 Å². The summed E-state index contributed by atoms with van der Waals surface area (Å²) >= 11 is 3.62. The van der Waals surface area contributed by atoms with Crippen LogP contribution < -0.4 is 0 Å². The van der Waals surface area contributed by atoms with Crippen LogP contribution in [0, 0.1) is 0 Å². The number of ether oxygens (including phenoxy) is 1. The normalized spacial score (nSPS) is 22.9. The maximum absolute atomic E-state index is 5.15. The van der Waals surface area contributed by atoms with Gasteiger partial charge in [0.25, 0.3) is 0 Å². The van der Waals surface area contributed by atoms with Gasteiger partial charge in [-0.15, -0.1) is 4.55 Å². The van der Waals surface area contributed by atoms with Crippen molar-refractivity contribution in [1.82, 2.24) is 0 Å². The third-order valence-electron chi connectivity index (χ3n) is 1.35. The molecule has 0 amide bonds. The highest BCUT2D eigenvalue weighted by Gasteiger charge is 2.07. The summed E-state index contributed by atoms with van der Waals surface area (Å²) in [5.41, 5.74) is 0. The van der Waals surface area contributed by atoms with Gasteiger partial charge in [0.05, 0.1) is 6.10 Å². The first-order chi connectivity index (χ1) is 4.81. The minimum absolute atomic E-state index is 0.237.